The number of carbonyl (C=O) groups excluding carboxylic acids is 1. The van der Waals surface area contributed by atoms with Crippen molar-refractivity contribution in [1.82, 2.24) is 0 Å². The van der Waals surface area contributed by atoms with E-state index in [4.69, 9.17) is 4.74 Å². The van der Waals surface area contributed by atoms with E-state index >= 15 is 0 Å². The van der Waals surface area contributed by atoms with Crippen molar-refractivity contribution >= 4 is 5.78 Å². The molecule has 3 unspecified atom stereocenters. The summed E-state index contributed by atoms with van der Waals surface area (Å²) in [6.07, 6.45) is 6.70. The van der Waals surface area contributed by atoms with Gasteiger partial charge >= 0.3 is 0 Å². The molecule has 30 heavy (non-hydrogen) atoms. The molecule has 7 heteroatoms. The zero-order chi connectivity index (χ0) is 23.1. The molecule has 0 saturated carbocycles. The van der Waals surface area contributed by atoms with Gasteiger partial charge in [0, 0.05) is 17.9 Å². The van der Waals surface area contributed by atoms with Gasteiger partial charge in [-0.25, -0.2) is 0 Å². The number of aliphatic hydroxyl groups is 5. The number of hydrogen-bond acceptors (Lipinski definition) is 7. The molecule has 1 heterocycles. The fourth-order valence-corrected chi connectivity index (χ4v) is 3.19. The fourth-order valence-electron chi connectivity index (χ4n) is 3.19. The molecule has 0 aromatic rings. The molecular formula is C23H36O7. The number of Topliss-reactive ketones (excluding diaryl/α,β-unsaturated/α-hetero) is 1. The number of aliphatic hydroxyl groups excluding tert-OH is 4. The van der Waals surface area contributed by atoms with Crippen molar-refractivity contribution in [2.45, 2.75) is 84.1 Å². The summed E-state index contributed by atoms with van der Waals surface area (Å²) < 4.78 is 5.24. The molecule has 0 radical (unpaired) electrons. The molecule has 170 valence electrons. The molecule has 0 aromatic carbocycles. The van der Waals surface area contributed by atoms with Crippen LogP contribution < -0.4 is 0 Å². The summed E-state index contributed by atoms with van der Waals surface area (Å²) in [6, 6.07) is 0. The van der Waals surface area contributed by atoms with Gasteiger partial charge in [0.25, 0.3) is 5.79 Å². The maximum Gasteiger partial charge on any atom is 0.298 e. The minimum Gasteiger partial charge on any atom is -0.456 e. The van der Waals surface area contributed by atoms with Crippen molar-refractivity contribution in [2.75, 3.05) is 0 Å². The SMILES string of the molecule is CC1=C(C[C@H](O)CC/C=C/C=C/[C@@H](C)[C@@H](O)/C(C)=C/C(C)O)OC(O)(C(C)O)C1=O. The second-order valence-electron chi connectivity index (χ2n) is 8.06. The van der Waals surface area contributed by atoms with Crippen molar-refractivity contribution in [3.8, 4) is 0 Å². The summed E-state index contributed by atoms with van der Waals surface area (Å²) in [5.41, 5.74) is 0.928. The Morgan fingerprint density at radius 3 is 2.30 bits per heavy atom. The zero-order valence-corrected chi connectivity index (χ0v) is 18.4. The van der Waals surface area contributed by atoms with Gasteiger partial charge in [0.15, 0.2) is 0 Å². The molecule has 1 rings (SSSR count). The van der Waals surface area contributed by atoms with Crippen LogP contribution >= 0.6 is 0 Å². The normalized spacial score (nSPS) is 25.7. The third-order valence-corrected chi connectivity index (χ3v) is 5.15. The molecule has 1 aliphatic heterocycles. The third kappa shape index (κ3) is 7.18. The highest BCUT2D eigenvalue weighted by molar-refractivity contribution is 6.03. The zero-order valence-electron chi connectivity index (χ0n) is 18.4. The molecule has 0 aliphatic carbocycles. The number of hydrogen-bond donors (Lipinski definition) is 5. The molecule has 0 spiro atoms. The van der Waals surface area contributed by atoms with Gasteiger partial charge in [-0.1, -0.05) is 37.3 Å². The first kappa shape index (κ1) is 26.3. The summed E-state index contributed by atoms with van der Waals surface area (Å²) in [4.78, 5) is 12.1. The highest BCUT2D eigenvalue weighted by Crippen LogP contribution is 2.34. The van der Waals surface area contributed by atoms with Gasteiger partial charge < -0.3 is 30.3 Å². The van der Waals surface area contributed by atoms with Crippen LogP contribution in [0.4, 0.5) is 0 Å². The second kappa shape index (κ2) is 11.6. The van der Waals surface area contributed by atoms with Crippen LogP contribution in [0.3, 0.4) is 0 Å². The minimum absolute atomic E-state index is 0.0778. The summed E-state index contributed by atoms with van der Waals surface area (Å²) in [6.45, 7) is 8.07. The summed E-state index contributed by atoms with van der Waals surface area (Å²) in [7, 11) is 0. The lowest BCUT2D eigenvalue weighted by Crippen LogP contribution is -2.47. The van der Waals surface area contributed by atoms with E-state index in [0.29, 0.717) is 18.4 Å². The molecule has 0 fully saturated rings. The fraction of sp³-hybridized carbons (Fsp3) is 0.609. The molecule has 0 bridgehead atoms. The monoisotopic (exact) mass is 424 g/mol. The Labute approximate surface area is 178 Å². The van der Waals surface area contributed by atoms with Gasteiger partial charge in [0.05, 0.1) is 18.3 Å². The topological polar surface area (TPSA) is 127 Å². The highest BCUT2D eigenvalue weighted by atomic mass is 16.6. The Kier molecular flexibility index (Phi) is 10.1. The van der Waals surface area contributed by atoms with Crippen molar-refractivity contribution in [3.05, 3.63) is 47.3 Å². The minimum atomic E-state index is -2.27. The van der Waals surface area contributed by atoms with Crippen molar-refractivity contribution in [2.24, 2.45) is 5.92 Å². The van der Waals surface area contributed by atoms with E-state index in [0.717, 1.165) is 0 Å². The first-order valence-electron chi connectivity index (χ1n) is 10.3. The van der Waals surface area contributed by atoms with E-state index in [1.807, 2.05) is 31.2 Å². The van der Waals surface area contributed by atoms with Crippen LogP contribution in [0, 0.1) is 5.92 Å². The summed E-state index contributed by atoms with van der Waals surface area (Å²) in [5, 5.41) is 49.5. The molecular weight excluding hydrogens is 388 g/mol. The van der Waals surface area contributed by atoms with Crippen LogP contribution in [0.2, 0.25) is 0 Å². The standard InChI is InChI=1S/C23H36O7/c1-14(21(27)15(2)12-16(3)24)10-8-6-7-9-11-19(26)13-20-17(4)22(28)23(29,30-20)18(5)25/h6-8,10,12,14,16,18-19,21,24-27,29H,9,11,13H2,1-5H3/b7-6+,10-8+,15-12+/t14-,16?,18?,19-,21-,23?/m1/s1. The van der Waals surface area contributed by atoms with Crippen LogP contribution in [0.25, 0.3) is 0 Å². The lowest BCUT2D eigenvalue weighted by molar-refractivity contribution is -0.213. The van der Waals surface area contributed by atoms with Gasteiger partial charge in [-0.15, -0.1) is 0 Å². The predicted molar refractivity (Wildman–Crippen MR) is 114 cm³/mol. The van der Waals surface area contributed by atoms with E-state index in [-0.39, 0.29) is 23.7 Å². The molecule has 7 nitrogen and oxygen atoms in total. The van der Waals surface area contributed by atoms with E-state index < -0.39 is 36.0 Å². The van der Waals surface area contributed by atoms with E-state index in [9.17, 15) is 30.3 Å². The van der Waals surface area contributed by atoms with Gasteiger partial charge in [-0.3, -0.25) is 4.79 Å². The largest absolute Gasteiger partial charge is 0.456 e. The van der Waals surface area contributed by atoms with Crippen LogP contribution in [0.5, 0.6) is 0 Å². The van der Waals surface area contributed by atoms with Gasteiger partial charge in [-0.2, -0.15) is 0 Å². The van der Waals surface area contributed by atoms with E-state index in [2.05, 4.69) is 0 Å². The van der Waals surface area contributed by atoms with Crippen LogP contribution in [0.15, 0.2) is 47.3 Å². The first-order valence-corrected chi connectivity index (χ1v) is 10.3. The summed E-state index contributed by atoms with van der Waals surface area (Å²) >= 11 is 0. The number of ketones is 1. The number of ether oxygens (including phenoxy) is 1. The molecule has 6 atom stereocenters. The van der Waals surface area contributed by atoms with Crippen molar-refractivity contribution in [1.29, 1.82) is 0 Å². The lowest BCUT2D eigenvalue weighted by atomic mass is 9.97. The lowest BCUT2D eigenvalue weighted by Gasteiger charge is -2.25. The number of carbonyl (C=O) groups is 1. The highest BCUT2D eigenvalue weighted by Gasteiger charge is 2.50. The Balaban J connectivity index is 2.46. The maximum atomic E-state index is 12.1. The van der Waals surface area contributed by atoms with Gasteiger partial charge in [0.1, 0.15) is 11.9 Å². The summed E-state index contributed by atoms with van der Waals surface area (Å²) in [5.74, 6) is -2.87. The predicted octanol–water partition coefficient (Wildman–Crippen LogP) is 1.90. The van der Waals surface area contributed by atoms with Crippen molar-refractivity contribution in [3.63, 3.8) is 0 Å². The maximum absolute atomic E-state index is 12.1. The smallest absolute Gasteiger partial charge is 0.298 e. The average molecular weight is 425 g/mol. The van der Waals surface area contributed by atoms with Crippen LogP contribution in [0.1, 0.15) is 53.9 Å². The number of rotatable bonds is 11. The molecule has 0 aromatic heterocycles. The average Bonchev–Trinajstić information content (AvgIpc) is 2.87. The van der Waals surface area contributed by atoms with E-state index in [1.165, 1.54) is 13.8 Å². The first-order chi connectivity index (χ1) is 13.9. The third-order valence-electron chi connectivity index (χ3n) is 5.15. The molecule has 1 aliphatic rings. The quantitative estimate of drug-likeness (QED) is 0.253. The molecule has 0 amide bonds. The molecule has 5 N–H and O–H groups in total. The Morgan fingerprint density at radius 2 is 1.77 bits per heavy atom. The Bertz CT molecular complexity index is 702. The van der Waals surface area contributed by atoms with Crippen LogP contribution in [-0.4, -0.2) is 61.5 Å². The Hall–Kier alpha value is -1.77. The van der Waals surface area contributed by atoms with Gasteiger partial charge in [-0.05, 0) is 46.1 Å². The van der Waals surface area contributed by atoms with Gasteiger partial charge in [0.2, 0.25) is 5.78 Å². The van der Waals surface area contributed by atoms with Crippen molar-refractivity contribution < 1.29 is 35.1 Å². The van der Waals surface area contributed by atoms with Crippen LogP contribution in [-0.2, 0) is 9.53 Å². The van der Waals surface area contributed by atoms with E-state index in [1.54, 1.807) is 19.9 Å². The number of allylic oxidation sites excluding steroid dienone is 3. The Morgan fingerprint density at radius 1 is 1.13 bits per heavy atom. The second-order valence-corrected chi connectivity index (χ2v) is 8.06. The molecule has 0 saturated heterocycles.